The van der Waals surface area contributed by atoms with Crippen molar-refractivity contribution in [1.29, 1.82) is 0 Å². The van der Waals surface area contributed by atoms with E-state index in [0.717, 1.165) is 31.8 Å². The Morgan fingerprint density at radius 2 is 2.37 bits per heavy atom. The molecular formula is C14H22N2O3. The average molecular weight is 266 g/mol. The highest BCUT2D eigenvalue weighted by atomic mass is 16.5. The molecule has 0 radical (unpaired) electrons. The Morgan fingerprint density at radius 1 is 1.53 bits per heavy atom. The van der Waals surface area contributed by atoms with Crippen LogP contribution in [0.2, 0.25) is 0 Å². The number of phenolic OH excluding ortho intramolecular Hbond substituents is 1. The van der Waals surface area contributed by atoms with Crippen LogP contribution in [-0.2, 0) is 11.3 Å². The minimum absolute atomic E-state index is 0.0596. The fourth-order valence-electron chi connectivity index (χ4n) is 2.28. The van der Waals surface area contributed by atoms with Gasteiger partial charge in [0.15, 0.2) is 11.5 Å². The molecule has 1 unspecified atom stereocenters. The Hall–Kier alpha value is -1.30. The monoisotopic (exact) mass is 266 g/mol. The Bertz CT molecular complexity index is 406. The Morgan fingerprint density at radius 3 is 3.00 bits per heavy atom. The maximum atomic E-state index is 10.1. The number of ether oxygens (including phenoxy) is 2. The third-order valence-corrected chi connectivity index (χ3v) is 3.40. The maximum absolute atomic E-state index is 10.1. The Labute approximate surface area is 114 Å². The van der Waals surface area contributed by atoms with E-state index < -0.39 is 0 Å². The van der Waals surface area contributed by atoms with Gasteiger partial charge >= 0.3 is 0 Å². The molecule has 106 valence electrons. The zero-order valence-corrected chi connectivity index (χ0v) is 11.6. The largest absolute Gasteiger partial charge is 0.504 e. The molecule has 1 aromatic carbocycles. The number of hydrogen-bond acceptors (Lipinski definition) is 5. The predicted octanol–water partition coefficient (Wildman–Crippen LogP) is 1.17. The van der Waals surface area contributed by atoms with Gasteiger partial charge in [-0.3, -0.25) is 4.90 Å². The highest BCUT2D eigenvalue weighted by molar-refractivity contribution is 5.45. The molecule has 0 aliphatic carbocycles. The summed E-state index contributed by atoms with van der Waals surface area (Å²) in [5, 5.41) is 13.4. The quantitative estimate of drug-likeness (QED) is 0.838. The minimum atomic E-state index is 0.0596. The van der Waals surface area contributed by atoms with Gasteiger partial charge in [-0.15, -0.1) is 0 Å². The van der Waals surface area contributed by atoms with Gasteiger partial charge in [0.05, 0.1) is 13.7 Å². The molecule has 2 N–H and O–H groups in total. The molecule has 1 aliphatic heterocycles. The molecule has 1 fully saturated rings. The van der Waals surface area contributed by atoms with E-state index in [1.807, 2.05) is 12.1 Å². The number of nitrogens with one attached hydrogen (secondary N) is 1. The third kappa shape index (κ3) is 3.37. The van der Waals surface area contributed by atoms with Crippen LogP contribution >= 0.6 is 0 Å². The molecule has 5 heteroatoms. The summed E-state index contributed by atoms with van der Waals surface area (Å²) in [5.41, 5.74) is 0.857. The minimum Gasteiger partial charge on any atom is -0.504 e. The van der Waals surface area contributed by atoms with Crippen LogP contribution < -0.4 is 10.1 Å². The van der Waals surface area contributed by atoms with E-state index in [4.69, 9.17) is 9.47 Å². The molecule has 0 amide bonds. The van der Waals surface area contributed by atoms with Crippen LogP contribution in [0, 0.1) is 0 Å². The maximum Gasteiger partial charge on any atom is 0.162 e. The van der Waals surface area contributed by atoms with Gasteiger partial charge < -0.3 is 19.9 Å². The van der Waals surface area contributed by atoms with Crippen molar-refractivity contribution in [3.8, 4) is 11.5 Å². The van der Waals surface area contributed by atoms with E-state index in [1.54, 1.807) is 13.2 Å². The zero-order valence-electron chi connectivity index (χ0n) is 11.6. The van der Waals surface area contributed by atoms with Crippen molar-refractivity contribution in [2.45, 2.75) is 19.7 Å². The van der Waals surface area contributed by atoms with Crippen LogP contribution in [0.1, 0.15) is 12.5 Å². The van der Waals surface area contributed by atoms with Crippen molar-refractivity contribution in [2.24, 2.45) is 0 Å². The van der Waals surface area contributed by atoms with Crippen LogP contribution in [-0.4, -0.2) is 49.6 Å². The van der Waals surface area contributed by atoms with E-state index in [-0.39, 0.29) is 12.0 Å². The topological polar surface area (TPSA) is 54.0 Å². The number of phenols is 1. The second-order valence-corrected chi connectivity index (χ2v) is 4.56. The second kappa shape index (κ2) is 6.75. The van der Waals surface area contributed by atoms with Gasteiger partial charge in [-0.25, -0.2) is 0 Å². The summed E-state index contributed by atoms with van der Waals surface area (Å²) in [7, 11) is 1.56. The van der Waals surface area contributed by atoms with Crippen molar-refractivity contribution < 1.29 is 14.6 Å². The summed E-state index contributed by atoms with van der Waals surface area (Å²) in [6.07, 6.45) is 0.0596. The lowest BCUT2D eigenvalue weighted by Gasteiger charge is -2.33. The molecule has 0 aromatic heterocycles. The zero-order chi connectivity index (χ0) is 13.7. The number of rotatable bonds is 5. The number of hydrogen-bond donors (Lipinski definition) is 2. The smallest absolute Gasteiger partial charge is 0.162 e. The number of para-hydroxylation sites is 1. The summed E-state index contributed by atoms with van der Waals surface area (Å²) in [4.78, 5) is 2.20. The van der Waals surface area contributed by atoms with E-state index in [0.29, 0.717) is 12.3 Å². The lowest BCUT2D eigenvalue weighted by molar-refractivity contribution is -0.0773. The first kappa shape index (κ1) is 14.1. The Balaban J connectivity index is 2.09. The standard InChI is InChI=1S/C14H22N2O3/c1-3-16(13-9-15-7-8-19-13)10-11-5-4-6-12(18-2)14(11)17/h4-6,13,15,17H,3,7-10H2,1-2H3. The van der Waals surface area contributed by atoms with Gasteiger partial charge in [-0.1, -0.05) is 19.1 Å². The first-order valence-electron chi connectivity index (χ1n) is 6.67. The van der Waals surface area contributed by atoms with E-state index >= 15 is 0 Å². The third-order valence-electron chi connectivity index (χ3n) is 3.40. The molecular weight excluding hydrogens is 244 g/mol. The van der Waals surface area contributed by atoms with Gasteiger partial charge in [0.25, 0.3) is 0 Å². The first-order valence-corrected chi connectivity index (χ1v) is 6.67. The van der Waals surface area contributed by atoms with Gasteiger partial charge in [0.1, 0.15) is 6.23 Å². The van der Waals surface area contributed by atoms with Crippen LogP contribution in [0.4, 0.5) is 0 Å². The first-order chi connectivity index (χ1) is 9.26. The molecule has 19 heavy (non-hydrogen) atoms. The van der Waals surface area contributed by atoms with Crippen molar-refractivity contribution in [2.75, 3.05) is 33.4 Å². The lowest BCUT2D eigenvalue weighted by Crippen LogP contribution is -2.48. The summed E-state index contributed by atoms with van der Waals surface area (Å²) < 4.78 is 10.9. The molecule has 1 aliphatic rings. The molecule has 5 nitrogen and oxygen atoms in total. The molecule has 1 saturated heterocycles. The van der Waals surface area contributed by atoms with Crippen molar-refractivity contribution in [3.63, 3.8) is 0 Å². The van der Waals surface area contributed by atoms with E-state index in [9.17, 15) is 5.11 Å². The number of benzene rings is 1. The fraction of sp³-hybridized carbons (Fsp3) is 0.571. The van der Waals surface area contributed by atoms with Crippen LogP contribution in [0.25, 0.3) is 0 Å². The molecule has 0 spiro atoms. The average Bonchev–Trinajstić information content (AvgIpc) is 2.47. The number of likely N-dealkylation sites (N-methyl/N-ethyl adjacent to an activating group) is 1. The molecule has 2 rings (SSSR count). The summed E-state index contributed by atoms with van der Waals surface area (Å²) in [6, 6.07) is 5.56. The normalized spacial score (nSPS) is 19.6. The van der Waals surface area contributed by atoms with Gasteiger partial charge in [0, 0.05) is 25.2 Å². The van der Waals surface area contributed by atoms with Crippen molar-refractivity contribution >= 4 is 0 Å². The van der Waals surface area contributed by atoms with Crippen molar-refractivity contribution in [3.05, 3.63) is 23.8 Å². The summed E-state index contributed by atoms with van der Waals surface area (Å²) >= 11 is 0. The van der Waals surface area contributed by atoms with Gasteiger partial charge in [0.2, 0.25) is 0 Å². The molecule has 1 aromatic rings. The molecule has 0 saturated carbocycles. The van der Waals surface area contributed by atoms with E-state index in [2.05, 4.69) is 17.1 Å². The predicted molar refractivity (Wildman–Crippen MR) is 73.4 cm³/mol. The highest BCUT2D eigenvalue weighted by Gasteiger charge is 2.21. The fourth-order valence-corrected chi connectivity index (χ4v) is 2.28. The molecule has 0 bridgehead atoms. The summed E-state index contributed by atoms with van der Waals surface area (Å²) in [5.74, 6) is 0.725. The van der Waals surface area contributed by atoms with Crippen LogP contribution in [0.5, 0.6) is 11.5 Å². The lowest BCUT2D eigenvalue weighted by atomic mass is 10.1. The number of morpholine rings is 1. The van der Waals surface area contributed by atoms with Gasteiger partial charge in [-0.05, 0) is 12.6 Å². The number of nitrogens with zero attached hydrogens (tertiary/aromatic N) is 1. The molecule has 1 atom stereocenters. The van der Waals surface area contributed by atoms with Crippen LogP contribution in [0.15, 0.2) is 18.2 Å². The number of aromatic hydroxyl groups is 1. The van der Waals surface area contributed by atoms with Crippen molar-refractivity contribution in [1.82, 2.24) is 10.2 Å². The van der Waals surface area contributed by atoms with Crippen LogP contribution in [0.3, 0.4) is 0 Å². The Kier molecular flexibility index (Phi) is 5.01. The van der Waals surface area contributed by atoms with Gasteiger partial charge in [-0.2, -0.15) is 0 Å². The SMILES string of the molecule is CCN(Cc1cccc(OC)c1O)C1CNCCO1. The molecule has 1 heterocycles. The number of methoxy groups -OCH3 is 1. The highest BCUT2D eigenvalue weighted by Crippen LogP contribution is 2.30. The second-order valence-electron chi connectivity index (χ2n) is 4.56. The summed E-state index contributed by atoms with van der Waals surface area (Å²) in [6.45, 7) is 6.05. The van der Waals surface area contributed by atoms with E-state index in [1.165, 1.54) is 0 Å².